The fourth-order valence-corrected chi connectivity index (χ4v) is 1.60. The fourth-order valence-electron chi connectivity index (χ4n) is 1.13. The summed E-state index contributed by atoms with van der Waals surface area (Å²) in [4.78, 5) is 1.12. The molecule has 0 atom stereocenters. The number of aliphatic hydroxyl groups is 1. The maximum absolute atomic E-state index is 8.71. The molecule has 0 aliphatic heterocycles. The monoisotopic (exact) mass is 196 g/mol. The molecule has 0 radical (unpaired) electrons. The van der Waals surface area contributed by atoms with Crippen LogP contribution in [0.3, 0.4) is 0 Å². The molecule has 13 heavy (non-hydrogen) atoms. The molecule has 0 bridgehead atoms. The van der Waals surface area contributed by atoms with Gasteiger partial charge in [-0.25, -0.2) is 0 Å². The van der Waals surface area contributed by atoms with Gasteiger partial charge in [0.1, 0.15) is 0 Å². The van der Waals surface area contributed by atoms with Gasteiger partial charge in [0.05, 0.1) is 5.94 Å². The maximum Gasteiger partial charge on any atom is 0.0932 e. The minimum absolute atomic E-state index is 0.148. The molecule has 0 unspecified atom stereocenters. The van der Waals surface area contributed by atoms with E-state index < -0.39 is 0 Å². The Morgan fingerprint density at radius 3 is 2.08 bits per heavy atom. The Morgan fingerprint density at radius 2 is 1.69 bits per heavy atom. The van der Waals surface area contributed by atoms with Crippen LogP contribution >= 0.6 is 11.8 Å². The molecular weight excluding hydrogens is 180 g/mol. The number of hydrogen-bond donors (Lipinski definition) is 1. The highest BCUT2D eigenvalue weighted by atomic mass is 32.2. The van der Waals surface area contributed by atoms with Gasteiger partial charge < -0.3 is 5.11 Å². The molecule has 1 nitrogen and oxygen atoms in total. The van der Waals surface area contributed by atoms with E-state index in [9.17, 15) is 0 Å². The molecule has 1 rings (SSSR count). The molecule has 72 valence electrons. The van der Waals surface area contributed by atoms with Gasteiger partial charge in [0, 0.05) is 4.90 Å². The van der Waals surface area contributed by atoms with Crippen LogP contribution in [0, 0.1) is 0 Å². The molecule has 0 saturated heterocycles. The maximum atomic E-state index is 8.71. The van der Waals surface area contributed by atoms with Gasteiger partial charge in [0.25, 0.3) is 0 Å². The highest BCUT2D eigenvalue weighted by Gasteiger charge is 2.12. The summed E-state index contributed by atoms with van der Waals surface area (Å²) in [7, 11) is 0. The number of hydrogen-bond acceptors (Lipinski definition) is 2. The normalized spacial score (nSPS) is 11.7. The summed E-state index contributed by atoms with van der Waals surface area (Å²) < 4.78 is 0. The molecule has 2 heteroatoms. The van der Waals surface area contributed by atoms with E-state index in [0.29, 0.717) is 0 Å². The highest BCUT2D eigenvalue weighted by Crippen LogP contribution is 2.25. The van der Waals surface area contributed by atoms with Crippen LogP contribution in [0.1, 0.15) is 26.3 Å². The van der Waals surface area contributed by atoms with Gasteiger partial charge in [-0.15, -0.1) is 0 Å². The molecule has 1 aromatic carbocycles. The number of thioether (sulfide) groups is 1. The first kappa shape index (κ1) is 10.6. The smallest absolute Gasteiger partial charge is 0.0932 e. The van der Waals surface area contributed by atoms with E-state index in [4.69, 9.17) is 5.11 Å². The SMILES string of the molecule is CC(C)(C)c1ccc(SCO)cc1. The molecule has 0 fully saturated rings. The lowest BCUT2D eigenvalue weighted by Gasteiger charge is -2.18. The second-order valence-electron chi connectivity index (χ2n) is 4.05. The van der Waals surface area contributed by atoms with Crippen LogP contribution in [0.25, 0.3) is 0 Å². The lowest BCUT2D eigenvalue weighted by atomic mass is 9.87. The van der Waals surface area contributed by atoms with Crippen LogP contribution in [0.5, 0.6) is 0 Å². The number of rotatable bonds is 2. The van der Waals surface area contributed by atoms with E-state index in [1.54, 1.807) is 0 Å². The zero-order valence-corrected chi connectivity index (χ0v) is 9.19. The third kappa shape index (κ3) is 3.05. The summed E-state index contributed by atoms with van der Waals surface area (Å²) >= 11 is 1.45. The average molecular weight is 196 g/mol. The first-order valence-electron chi connectivity index (χ1n) is 4.38. The molecule has 1 N–H and O–H groups in total. The van der Waals surface area contributed by atoms with E-state index in [1.807, 2.05) is 0 Å². The Kier molecular flexibility index (Phi) is 3.40. The van der Waals surface area contributed by atoms with Crippen molar-refractivity contribution in [2.24, 2.45) is 0 Å². The first-order valence-corrected chi connectivity index (χ1v) is 5.37. The van der Waals surface area contributed by atoms with Crippen LogP contribution in [-0.2, 0) is 5.41 Å². The van der Waals surface area contributed by atoms with Crippen LogP contribution in [0.4, 0.5) is 0 Å². The van der Waals surface area contributed by atoms with Crippen molar-refractivity contribution < 1.29 is 5.11 Å². The molecule has 0 spiro atoms. The standard InChI is InChI=1S/C11H16OS/c1-11(2,3)9-4-6-10(7-5-9)13-8-12/h4-7,12H,8H2,1-3H3. The van der Waals surface area contributed by atoms with Gasteiger partial charge in [-0.05, 0) is 23.1 Å². The van der Waals surface area contributed by atoms with Gasteiger partial charge in [-0.3, -0.25) is 0 Å². The van der Waals surface area contributed by atoms with E-state index in [-0.39, 0.29) is 11.4 Å². The number of benzene rings is 1. The predicted molar refractivity (Wildman–Crippen MR) is 58.1 cm³/mol. The molecule has 0 aliphatic rings. The van der Waals surface area contributed by atoms with Gasteiger partial charge in [0.2, 0.25) is 0 Å². The predicted octanol–water partition coefficient (Wildman–Crippen LogP) is 3.03. The van der Waals surface area contributed by atoms with E-state index in [0.717, 1.165) is 4.90 Å². The number of aliphatic hydroxyl groups excluding tert-OH is 1. The summed E-state index contributed by atoms with van der Waals surface area (Å²) in [5.74, 6) is 0.148. The van der Waals surface area contributed by atoms with Gasteiger partial charge in [0.15, 0.2) is 0 Å². The Hall–Kier alpha value is -0.470. The second kappa shape index (κ2) is 4.16. The van der Waals surface area contributed by atoms with Crippen molar-refractivity contribution >= 4 is 11.8 Å². The average Bonchev–Trinajstić information content (AvgIpc) is 2.04. The minimum atomic E-state index is 0.148. The summed E-state index contributed by atoms with van der Waals surface area (Å²) in [5.41, 5.74) is 1.54. The van der Waals surface area contributed by atoms with Crippen LogP contribution in [-0.4, -0.2) is 11.0 Å². The van der Waals surface area contributed by atoms with Gasteiger partial charge >= 0.3 is 0 Å². The third-order valence-electron chi connectivity index (χ3n) is 1.95. The summed E-state index contributed by atoms with van der Waals surface area (Å²) in [6.07, 6.45) is 0. The third-order valence-corrected chi connectivity index (χ3v) is 2.69. The molecule has 0 amide bonds. The Balaban J connectivity index is 2.81. The Morgan fingerprint density at radius 1 is 1.15 bits per heavy atom. The Bertz CT molecular complexity index is 258. The quantitative estimate of drug-likeness (QED) is 0.579. The van der Waals surface area contributed by atoms with Crippen molar-refractivity contribution in [2.75, 3.05) is 5.94 Å². The second-order valence-corrected chi connectivity index (χ2v) is 5.07. The van der Waals surface area contributed by atoms with Crippen molar-refractivity contribution in [3.63, 3.8) is 0 Å². The zero-order chi connectivity index (χ0) is 9.90. The lowest BCUT2D eigenvalue weighted by Crippen LogP contribution is -2.10. The molecule has 0 aliphatic carbocycles. The van der Waals surface area contributed by atoms with E-state index in [1.165, 1.54) is 17.3 Å². The van der Waals surface area contributed by atoms with Crippen molar-refractivity contribution in [1.82, 2.24) is 0 Å². The van der Waals surface area contributed by atoms with Crippen LogP contribution < -0.4 is 0 Å². The van der Waals surface area contributed by atoms with Crippen molar-refractivity contribution in [2.45, 2.75) is 31.1 Å². The molecule has 1 aromatic rings. The van der Waals surface area contributed by atoms with Gasteiger partial charge in [-0.1, -0.05) is 44.7 Å². The summed E-state index contributed by atoms with van der Waals surface area (Å²) in [5, 5.41) is 8.71. The summed E-state index contributed by atoms with van der Waals surface area (Å²) in [6.45, 7) is 6.59. The molecular formula is C11H16OS. The van der Waals surface area contributed by atoms with E-state index in [2.05, 4.69) is 45.0 Å². The van der Waals surface area contributed by atoms with Crippen molar-refractivity contribution in [1.29, 1.82) is 0 Å². The van der Waals surface area contributed by atoms with E-state index >= 15 is 0 Å². The minimum Gasteiger partial charge on any atom is -0.385 e. The largest absolute Gasteiger partial charge is 0.385 e. The lowest BCUT2D eigenvalue weighted by molar-refractivity contribution is 0.375. The van der Waals surface area contributed by atoms with Crippen LogP contribution in [0.15, 0.2) is 29.2 Å². The summed E-state index contributed by atoms with van der Waals surface area (Å²) in [6, 6.07) is 8.36. The van der Waals surface area contributed by atoms with Crippen LogP contribution in [0.2, 0.25) is 0 Å². The van der Waals surface area contributed by atoms with Crippen molar-refractivity contribution in [3.8, 4) is 0 Å². The molecule has 0 saturated carbocycles. The molecule has 0 heterocycles. The van der Waals surface area contributed by atoms with Gasteiger partial charge in [-0.2, -0.15) is 0 Å². The molecule has 0 aromatic heterocycles. The zero-order valence-electron chi connectivity index (χ0n) is 8.37. The first-order chi connectivity index (χ1) is 6.04. The Labute approximate surface area is 84.2 Å². The highest BCUT2D eigenvalue weighted by molar-refractivity contribution is 7.99. The topological polar surface area (TPSA) is 20.2 Å². The fraction of sp³-hybridized carbons (Fsp3) is 0.455. The van der Waals surface area contributed by atoms with Crippen molar-refractivity contribution in [3.05, 3.63) is 29.8 Å².